The molecule has 2 nitrogen and oxygen atoms in total. The molecule has 0 fully saturated rings. The molecule has 0 saturated carbocycles. The van der Waals surface area contributed by atoms with Gasteiger partial charge in [-0.2, -0.15) is 0 Å². The van der Waals surface area contributed by atoms with Gasteiger partial charge < -0.3 is 5.73 Å². The van der Waals surface area contributed by atoms with Crippen LogP contribution in [0.4, 0.5) is 0 Å². The van der Waals surface area contributed by atoms with Gasteiger partial charge in [0.05, 0.1) is 0 Å². The van der Waals surface area contributed by atoms with Gasteiger partial charge in [-0.15, -0.1) is 11.8 Å². The van der Waals surface area contributed by atoms with Crippen molar-refractivity contribution in [1.29, 1.82) is 5.41 Å². The lowest BCUT2D eigenvalue weighted by Gasteiger charge is -2.06. The molecule has 0 atom stereocenters. The van der Waals surface area contributed by atoms with Crippen molar-refractivity contribution in [3.8, 4) is 0 Å². The second kappa shape index (κ2) is 5.93. The number of hydrogen-bond donors (Lipinski definition) is 2. The molecule has 2 aromatic rings. The Morgan fingerprint density at radius 3 is 2.58 bits per heavy atom. The maximum Gasteiger partial charge on any atom is 0.122 e. The molecule has 0 aliphatic rings. The van der Waals surface area contributed by atoms with Crippen molar-refractivity contribution in [3.63, 3.8) is 0 Å². The Morgan fingerprint density at radius 1 is 1.11 bits per heavy atom. The maximum atomic E-state index is 7.45. The predicted molar refractivity (Wildman–Crippen MR) is 82.9 cm³/mol. The zero-order valence-electron chi connectivity index (χ0n) is 11.2. The van der Waals surface area contributed by atoms with E-state index in [1.807, 2.05) is 18.2 Å². The smallest absolute Gasteiger partial charge is 0.122 e. The summed E-state index contributed by atoms with van der Waals surface area (Å²) in [5.74, 6) is 1.02. The third-order valence-electron chi connectivity index (χ3n) is 3.12. The normalized spacial score (nSPS) is 10.4. The van der Waals surface area contributed by atoms with Crippen LogP contribution in [0.25, 0.3) is 0 Å². The fraction of sp³-hybridized carbons (Fsp3) is 0.188. The zero-order chi connectivity index (χ0) is 13.8. The van der Waals surface area contributed by atoms with Crippen LogP contribution in [0.3, 0.4) is 0 Å². The second-order valence-corrected chi connectivity index (χ2v) is 5.70. The van der Waals surface area contributed by atoms with Crippen LogP contribution < -0.4 is 5.73 Å². The van der Waals surface area contributed by atoms with Crippen LogP contribution in [-0.2, 0) is 5.75 Å². The van der Waals surface area contributed by atoms with E-state index in [4.69, 9.17) is 11.1 Å². The Labute approximate surface area is 118 Å². The molecule has 3 N–H and O–H groups in total. The highest BCUT2D eigenvalue weighted by molar-refractivity contribution is 7.98. The molecular formula is C16H18N2S. The van der Waals surface area contributed by atoms with Crippen LogP contribution in [0.5, 0.6) is 0 Å². The van der Waals surface area contributed by atoms with Crippen molar-refractivity contribution < 1.29 is 0 Å². The SMILES string of the molecule is Cc1ccc(SCc2cccc(C(=N)N)c2)cc1C. The molecule has 2 aromatic carbocycles. The lowest BCUT2D eigenvalue weighted by atomic mass is 10.1. The minimum Gasteiger partial charge on any atom is -0.384 e. The van der Waals surface area contributed by atoms with Gasteiger partial charge in [-0.05, 0) is 48.7 Å². The molecule has 0 amide bonds. The zero-order valence-corrected chi connectivity index (χ0v) is 12.1. The minimum absolute atomic E-state index is 0.123. The molecule has 19 heavy (non-hydrogen) atoms. The van der Waals surface area contributed by atoms with Crippen LogP contribution >= 0.6 is 11.8 Å². The molecule has 98 valence electrons. The van der Waals surface area contributed by atoms with Crippen molar-refractivity contribution in [2.45, 2.75) is 24.5 Å². The van der Waals surface area contributed by atoms with E-state index in [1.54, 1.807) is 11.8 Å². The molecule has 0 aliphatic carbocycles. The van der Waals surface area contributed by atoms with Gasteiger partial charge in [0.25, 0.3) is 0 Å². The third kappa shape index (κ3) is 3.61. The summed E-state index contributed by atoms with van der Waals surface area (Å²) in [7, 11) is 0. The first-order valence-electron chi connectivity index (χ1n) is 6.19. The number of thioether (sulfide) groups is 1. The Kier molecular flexibility index (Phi) is 4.27. The van der Waals surface area contributed by atoms with Crippen LogP contribution in [0.15, 0.2) is 47.4 Å². The van der Waals surface area contributed by atoms with E-state index in [0.717, 1.165) is 11.3 Å². The van der Waals surface area contributed by atoms with E-state index in [9.17, 15) is 0 Å². The van der Waals surface area contributed by atoms with Gasteiger partial charge in [-0.3, -0.25) is 5.41 Å². The first-order chi connectivity index (χ1) is 9.06. The minimum atomic E-state index is 0.123. The van der Waals surface area contributed by atoms with Crippen molar-refractivity contribution >= 4 is 17.6 Å². The van der Waals surface area contributed by atoms with Crippen molar-refractivity contribution in [2.75, 3.05) is 0 Å². The van der Waals surface area contributed by atoms with E-state index >= 15 is 0 Å². The summed E-state index contributed by atoms with van der Waals surface area (Å²) in [5, 5.41) is 7.45. The van der Waals surface area contributed by atoms with Crippen molar-refractivity contribution in [3.05, 3.63) is 64.7 Å². The molecule has 3 heteroatoms. The number of rotatable bonds is 4. The summed E-state index contributed by atoms with van der Waals surface area (Å²) in [5.41, 5.74) is 10.1. The summed E-state index contributed by atoms with van der Waals surface area (Å²) < 4.78 is 0. The monoisotopic (exact) mass is 270 g/mol. The van der Waals surface area contributed by atoms with Gasteiger partial charge >= 0.3 is 0 Å². The van der Waals surface area contributed by atoms with Crippen molar-refractivity contribution in [1.82, 2.24) is 0 Å². The van der Waals surface area contributed by atoms with Gasteiger partial charge in [0.15, 0.2) is 0 Å². The first kappa shape index (κ1) is 13.7. The Bertz CT molecular complexity index is 605. The van der Waals surface area contributed by atoms with Gasteiger partial charge in [-0.25, -0.2) is 0 Å². The number of aryl methyl sites for hydroxylation is 2. The van der Waals surface area contributed by atoms with Gasteiger partial charge in [-0.1, -0.05) is 24.3 Å². The highest BCUT2D eigenvalue weighted by atomic mass is 32.2. The number of nitrogens with two attached hydrogens (primary N) is 1. The molecule has 0 radical (unpaired) electrons. The molecule has 2 rings (SSSR count). The Balaban J connectivity index is 2.07. The number of nitrogen functional groups attached to an aromatic ring is 1. The Hall–Kier alpha value is -1.74. The van der Waals surface area contributed by atoms with E-state index in [-0.39, 0.29) is 5.84 Å². The topological polar surface area (TPSA) is 49.9 Å². The fourth-order valence-electron chi connectivity index (χ4n) is 1.80. The summed E-state index contributed by atoms with van der Waals surface area (Å²) in [6.07, 6.45) is 0. The molecular weight excluding hydrogens is 252 g/mol. The standard InChI is InChI=1S/C16H18N2S/c1-11-6-7-15(8-12(11)2)19-10-13-4-3-5-14(9-13)16(17)18/h3-9H,10H2,1-2H3,(H3,17,18). The number of amidine groups is 1. The predicted octanol–water partition coefficient (Wildman–Crippen LogP) is 3.88. The molecule has 0 aliphatic heterocycles. The van der Waals surface area contributed by atoms with Gasteiger partial charge in [0.2, 0.25) is 0 Å². The first-order valence-corrected chi connectivity index (χ1v) is 7.18. The molecule has 0 aromatic heterocycles. The average Bonchev–Trinajstić information content (AvgIpc) is 2.40. The van der Waals surface area contributed by atoms with Crippen LogP contribution in [0, 0.1) is 19.3 Å². The van der Waals surface area contributed by atoms with Gasteiger partial charge in [0.1, 0.15) is 5.84 Å². The quantitative estimate of drug-likeness (QED) is 0.503. The number of hydrogen-bond acceptors (Lipinski definition) is 2. The van der Waals surface area contributed by atoms with Crippen LogP contribution in [-0.4, -0.2) is 5.84 Å². The third-order valence-corrected chi connectivity index (χ3v) is 4.19. The van der Waals surface area contributed by atoms with E-state index in [0.29, 0.717) is 0 Å². The highest BCUT2D eigenvalue weighted by Gasteiger charge is 2.01. The molecule has 0 bridgehead atoms. The molecule has 0 spiro atoms. The summed E-state index contributed by atoms with van der Waals surface area (Å²) >= 11 is 1.81. The molecule has 0 heterocycles. The lowest BCUT2D eigenvalue weighted by molar-refractivity contribution is 1.27. The summed E-state index contributed by atoms with van der Waals surface area (Å²) in [6, 6.07) is 14.4. The largest absolute Gasteiger partial charge is 0.384 e. The molecule has 0 saturated heterocycles. The molecule has 0 unspecified atom stereocenters. The fourth-order valence-corrected chi connectivity index (χ4v) is 2.74. The van der Waals surface area contributed by atoms with E-state index in [1.165, 1.54) is 21.6 Å². The van der Waals surface area contributed by atoms with E-state index < -0.39 is 0 Å². The summed E-state index contributed by atoms with van der Waals surface area (Å²) in [4.78, 5) is 1.27. The van der Waals surface area contributed by atoms with Crippen LogP contribution in [0.1, 0.15) is 22.3 Å². The average molecular weight is 270 g/mol. The van der Waals surface area contributed by atoms with Crippen LogP contribution in [0.2, 0.25) is 0 Å². The maximum absolute atomic E-state index is 7.45. The van der Waals surface area contributed by atoms with E-state index in [2.05, 4.69) is 38.1 Å². The summed E-state index contributed by atoms with van der Waals surface area (Å²) in [6.45, 7) is 4.26. The van der Waals surface area contributed by atoms with Gasteiger partial charge in [0, 0.05) is 16.2 Å². The van der Waals surface area contributed by atoms with Crippen molar-refractivity contribution in [2.24, 2.45) is 5.73 Å². The Morgan fingerprint density at radius 2 is 1.89 bits per heavy atom. The number of nitrogens with one attached hydrogen (secondary N) is 1. The highest BCUT2D eigenvalue weighted by Crippen LogP contribution is 2.25. The number of benzene rings is 2. The second-order valence-electron chi connectivity index (χ2n) is 4.65. The lowest BCUT2D eigenvalue weighted by Crippen LogP contribution is -2.10.